The summed E-state index contributed by atoms with van der Waals surface area (Å²) in [6, 6.07) is 5.53. The molecule has 3 N–H and O–H groups in total. The minimum absolute atomic E-state index is 0. The molecule has 0 bridgehead atoms. The third kappa shape index (κ3) is 5.02. The van der Waals surface area contributed by atoms with Gasteiger partial charge in [-0.15, -0.1) is 24.0 Å². The molecule has 1 atom stereocenters. The van der Waals surface area contributed by atoms with Crippen LogP contribution in [0.25, 0.3) is 0 Å². The maximum atomic E-state index is 10.0. The highest BCUT2D eigenvalue weighted by Crippen LogP contribution is 2.14. The Hall–Kier alpha value is -1.55. The molecule has 0 saturated carbocycles. The second kappa shape index (κ2) is 8.79. The summed E-state index contributed by atoms with van der Waals surface area (Å²) in [6.45, 7) is 2.77. The summed E-state index contributed by atoms with van der Waals surface area (Å²) in [5, 5.41) is 20.3. The summed E-state index contributed by atoms with van der Waals surface area (Å²) >= 11 is 0. The van der Waals surface area contributed by atoms with Gasteiger partial charge in [0, 0.05) is 20.3 Å². The van der Waals surface area contributed by atoms with Gasteiger partial charge < -0.3 is 20.2 Å². The van der Waals surface area contributed by atoms with Gasteiger partial charge in [0.05, 0.1) is 18.8 Å². The summed E-state index contributed by atoms with van der Waals surface area (Å²) in [6.07, 6.45) is 1.03. The second-order valence-electron chi connectivity index (χ2n) is 4.72. The molecule has 1 unspecified atom stereocenters. The Morgan fingerprint density at radius 2 is 2.18 bits per heavy atom. The maximum Gasteiger partial charge on any atom is 0.191 e. The zero-order valence-corrected chi connectivity index (χ0v) is 15.2. The lowest BCUT2D eigenvalue weighted by Crippen LogP contribution is -2.39. The maximum absolute atomic E-state index is 10.0. The van der Waals surface area contributed by atoms with Crippen LogP contribution >= 0.6 is 24.0 Å². The van der Waals surface area contributed by atoms with Crippen LogP contribution in [-0.4, -0.2) is 34.4 Å². The first kappa shape index (κ1) is 18.5. The zero-order chi connectivity index (χ0) is 15.2. The van der Waals surface area contributed by atoms with Crippen LogP contribution in [0.2, 0.25) is 0 Å². The van der Waals surface area contributed by atoms with Crippen molar-refractivity contribution in [1.82, 2.24) is 20.4 Å². The Morgan fingerprint density at radius 1 is 1.41 bits per heavy atom. The lowest BCUT2D eigenvalue weighted by Gasteiger charge is -2.14. The Morgan fingerprint density at radius 3 is 2.73 bits per heavy atom. The summed E-state index contributed by atoms with van der Waals surface area (Å²) in [7, 11) is 3.57. The topological polar surface area (TPSA) is 87.6 Å². The minimum atomic E-state index is -0.714. The van der Waals surface area contributed by atoms with Crippen molar-refractivity contribution in [1.29, 1.82) is 0 Å². The number of halogens is 1. The molecule has 0 radical (unpaired) electrons. The second-order valence-corrected chi connectivity index (χ2v) is 4.72. The van der Waals surface area contributed by atoms with Gasteiger partial charge in [-0.1, -0.05) is 0 Å². The number of nitrogens with zero attached hydrogens (tertiary/aromatic N) is 3. The van der Waals surface area contributed by atoms with Gasteiger partial charge in [0.15, 0.2) is 5.96 Å². The van der Waals surface area contributed by atoms with E-state index in [0.29, 0.717) is 24.8 Å². The molecule has 2 aromatic heterocycles. The monoisotopic (exact) mass is 419 g/mol. The van der Waals surface area contributed by atoms with E-state index in [9.17, 15) is 5.11 Å². The summed E-state index contributed by atoms with van der Waals surface area (Å²) in [5.41, 5.74) is 1.04. The SMILES string of the molecule is CN=C(NCc1ccnn1C)NCC(O)c1ccc(C)o1.I. The van der Waals surface area contributed by atoms with Crippen LogP contribution in [0.3, 0.4) is 0 Å². The van der Waals surface area contributed by atoms with E-state index >= 15 is 0 Å². The van der Waals surface area contributed by atoms with Crippen LogP contribution in [0.15, 0.2) is 33.8 Å². The van der Waals surface area contributed by atoms with Crippen molar-refractivity contribution in [3.8, 4) is 0 Å². The van der Waals surface area contributed by atoms with E-state index in [1.54, 1.807) is 24.0 Å². The number of hydrogen-bond acceptors (Lipinski definition) is 4. The van der Waals surface area contributed by atoms with E-state index in [4.69, 9.17) is 4.42 Å². The molecule has 22 heavy (non-hydrogen) atoms. The molecule has 0 aliphatic heterocycles. The fourth-order valence-electron chi connectivity index (χ4n) is 1.90. The van der Waals surface area contributed by atoms with E-state index in [2.05, 4.69) is 20.7 Å². The van der Waals surface area contributed by atoms with Crippen molar-refractivity contribution < 1.29 is 9.52 Å². The first-order chi connectivity index (χ1) is 10.1. The van der Waals surface area contributed by atoms with E-state index < -0.39 is 6.10 Å². The van der Waals surface area contributed by atoms with Crippen LogP contribution in [0, 0.1) is 6.92 Å². The van der Waals surface area contributed by atoms with E-state index in [0.717, 1.165) is 11.5 Å². The standard InChI is InChI=1S/C14H21N5O2.HI/c1-10-4-5-13(21-10)12(20)9-17-14(15-2)16-8-11-6-7-18-19(11)3;/h4-7,12,20H,8-9H2,1-3H3,(H2,15,16,17);1H. The summed E-state index contributed by atoms with van der Waals surface area (Å²) < 4.78 is 7.18. The Bertz CT molecular complexity index is 608. The molecule has 0 aromatic carbocycles. The van der Waals surface area contributed by atoms with Crippen LogP contribution < -0.4 is 10.6 Å². The number of aromatic nitrogens is 2. The molecule has 0 spiro atoms. The normalized spacial score (nSPS) is 12.6. The van der Waals surface area contributed by atoms with Gasteiger partial charge in [-0.05, 0) is 25.1 Å². The van der Waals surface area contributed by atoms with E-state index in [1.807, 2.05) is 26.1 Å². The molecule has 8 heteroatoms. The van der Waals surface area contributed by atoms with Gasteiger partial charge >= 0.3 is 0 Å². The van der Waals surface area contributed by atoms with Gasteiger partial charge in [0.2, 0.25) is 0 Å². The molecule has 2 heterocycles. The van der Waals surface area contributed by atoms with Crippen LogP contribution in [0.4, 0.5) is 0 Å². The number of rotatable bonds is 5. The number of guanidine groups is 1. The average Bonchev–Trinajstić information content (AvgIpc) is 3.08. The van der Waals surface area contributed by atoms with Crippen molar-refractivity contribution in [3.63, 3.8) is 0 Å². The van der Waals surface area contributed by atoms with Gasteiger partial charge in [-0.3, -0.25) is 9.67 Å². The molecular formula is C14H22IN5O2. The van der Waals surface area contributed by atoms with Gasteiger partial charge in [-0.25, -0.2) is 0 Å². The number of aliphatic hydroxyl groups excluding tert-OH is 1. The van der Waals surface area contributed by atoms with Crippen LogP contribution in [0.1, 0.15) is 23.3 Å². The Kier molecular flexibility index (Phi) is 7.39. The van der Waals surface area contributed by atoms with Crippen molar-refractivity contribution in [2.24, 2.45) is 12.0 Å². The molecule has 2 aromatic rings. The predicted octanol–water partition coefficient (Wildman–Crippen LogP) is 1.34. The van der Waals surface area contributed by atoms with E-state index in [-0.39, 0.29) is 24.0 Å². The van der Waals surface area contributed by atoms with Crippen molar-refractivity contribution in [3.05, 3.63) is 41.6 Å². The number of aliphatic hydroxyl groups is 1. The zero-order valence-electron chi connectivity index (χ0n) is 12.9. The summed E-state index contributed by atoms with van der Waals surface area (Å²) in [4.78, 5) is 4.11. The van der Waals surface area contributed by atoms with Crippen molar-refractivity contribution >= 4 is 29.9 Å². The molecule has 2 rings (SSSR count). The third-order valence-corrected chi connectivity index (χ3v) is 3.14. The van der Waals surface area contributed by atoms with Crippen LogP contribution in [0.5, 0.6) is 0 Å². The third-order valence-electron chi connectivity index (χ3n) is 3.14. The lowest BCUT2D eigenvalue weighted by molar-refractivity contribution is 0.151. The smallest absolute Gasteiger partial charge is 0.191 e. The number of hydrogen-bond donors (Lipinski definition) is 3. The lowest BCUT2D eigenvalue weighted by atomic mass is 10.3. The van der Waals surface area contributed by atoms with E-state index in [1.165, 1.54) is 0 Å². The van der Waals surface area contributed by atoms with Gasteiger partial charge in [-0.2, -0.15) is 5.10 Å². The molecule has 0 fully saturated rings. The highest BCUT2D eigenvalue weighted by molar-refractivity contribution is 14.0. The Labute approximate surface area is 146 Å². The molecule has 0 aliphatic rings. The highest BCUT2D eigenvalue weighted by atomic mass is 127. The minimum Gasteiger partial charge on any atom is -0.464 e. The van der Waals surface area contributed by atoms with Crippen molar-refractivity contribution in [2.75, 3.05) is 13.6 Å². The quantitative estimate of drug-likeness (QED) is 0.387. The first-order valence-corrected chi connectivity index (χ1v) is 6.76. The summed E-state index contributed by atoms with van der Waals surface area (Å²) in [5.74, 6) is 1.93. The molecule has 0 amide bonds. The fraction of sp³-hybridized carbons (Fsp3) is 0.429. The molecule has 7 nitrogen and oxygen atoms in total. The molecular weight excluding hydrogens is 397 g/mol. The predicted molar refractivity (Wildman–Crippen MR) is 95.2 cm³/mol. The molecule has 0 aliphatic carbocycles. The Balaban J connectivity index is 0.00000242. The highest BCUT2D eigenvalue weighted by Gasteiger charge is 2.12. The van der Waals surface area contributed by atoms with Gasteiger partial charge in [0.25, 0.3) is 0 Å². The number of furan rings is 1. The van der Waals surface area contributed by atoms with Crippen LogP contribution in [-0.2, 0) is 13.6 Å². The number of aliphatic imine (C=N–C) groups is 1. The van der Waals surface area contributed by atoms with Gasteiger partial charge in [0.1, 0.15) is 17.6 Å². The fourth-order valence-corrected chi connectivity index (χ4v) is 1.90. The number of nitrogens with one attached hydrogen (secondary N) is 2. The number of aryl methyl sites for hydroxylation is 2. The molecule has 122 valence electrons. The average molecular weight is 419 g/mol. The largest absolute Gasteiger partial charge is 0.464 e. The molecule has 0 saturated heterocycles. The first-order valence-electron chi connectivity index (χ1n) is 6.76. The van der Waals surface area contributed by atoms with Crippen molar-refractivity contribution in [2.45, 2.75) is 19.6 Å².